The van der Waals surface area contributed by atoms with E-state index in [9.17, 15) is 8.42 Å². The number of halogens is 1. The molecule has 28 heavy (non-hydrogen) atoms. The van der Waals surface area contributed by atoms with Gasteiger partial charge in [0.1, 0.15) is 0 Å². The quantitative estimate of drug-likeness (QED) is 0.557. The van der Waals surface area contributed by atoms with Gasteiger partial charge in [0.15, 0.2) is 0 Å². The van der Waals surface area contributed by atoms with E-state index in [4.69, 9.17) is 9.68 Å². The predicted molar refractivity (Wildman–Crippen MR) is 104 cm³/mol. The summed E-state index contributed by atoms with van der Waals surface area (Å²) in [6.45, 7) is -0.0127. The first kappa shape index (κ1) is 18.8. The van der Waals surface area contributed by atoms with Gasteiger partial charge in [-0.15, -0.1) is 10.2 Å². The third kappa shape index (κ3) is 3.71. The fraction of sp³-hybridized carbons (Fsp3) is 0.211. The first-order valence-corrected chi connectivity index (χ1v) is 10.8. The number of benzene rings is 2. The van der Waals surface area contributed by atoms with Crippen LogP contribution >= 0.6 is 15.9 Å². The van der Waals surface area contributed by atoms with Gasteiger partial charge in [-0.05, 0) is 59.1 Å². The van der Waals surface area contributed by atoms with Crippen molar-refractivity contribution in [2.24, 2.45) is 0 Å². The Balaban J connectivity index is 1.63. The van der Waals surface area contributed by atoms with E-state index in [0.29, 0.717) is 11.5 Å². The normalized spacial score (nSPS) is 14.2. The van der Waals surface area contributed by atoms with E-state index in [-0.39, 0.29) is 23.4 Å². The summed E-state index contributed by atoms with van der Waals surface area (Å²) in [5.41, 5.74) is 1.04. The number of hydrogen-bond donors (Lipinski definition) is 0. The van der Waals surface area contributed by atoms with E-state index in [1.807, 2.05) is 30.3 Å². The summed E-state index contributed by atoms with van der Waals surface area (Å²) in [4.78, 5) is 0.0870. The van der Waals surface area contributed by atoms with Crippen molar-refractivity contribution in [2.75, 3.05) is 0 Å². The summed E-state index contributed by atoms with van der Waals surface area (Å²) < 4.78 is 34.2. The zero-order chi connectivity index (χ0) is 19.7. The molecule has 1 aliphatic carbocycles. The molecule has 3 aromatic rings. The Kier molecular flexibility index (Phi) is 5.02. The minimum absolute atomic E-state index is 0.0127. The first-order chi connectivity index (χ1) is 13.5. The lowest BCUT2D eigenvalue weighted by atomic mass is 10.2. The highest BCUT2D eigenvalue weighted by Crippen LogP contribution is 2.34. The zero-order valence-corrected chi connectivity index (χ0v) is 17.0. The van der Waals surface area contributed by atoms with E-state index < -0.39 is 10.0 Å². The molecule has 1 aromatic heterocycles. The second-order valence-electron chi connectivity index (χ2n) is 6.40. The Morgan fingerprint density at radius 2 is 1.96 bits per heavy atom. The van der Waals surface area contributed by atoms with Gasteiger partial charge in [0.25, 0.3) is 0 Å². The molecule has 4 rings (SSSR count). The van der Waals surface area contributed by atoms with Gasteiger partial charge in [0.05, 0.1) is 28.6 Å². The van der Waals surface area contributed by atoms with Crippen molar-refractivity contribution in [3.05, 3.63) is 64.5 Å². The van der Waals surface area contributed by atoms with E-state index in [2.05, 4.69) is 26.1 Å². The van der Waals surface area contributed by atoms with Gasteiger partial charge in [0, 0.05) is 10.5 Å². The molecule has 142 valence electrons. The first-order valence-electron chi connectivity index (χ1n) is 8.58. The Morgan fingerprint density at radius 3 is 2.68 bits per heavy atom. The van der Waals surface area contributed by atoms with Crippen molar-refractivity contribution >= 4 is 26.0 Å². The van der Waals surface area contributed by atoms with Crippen LogP contribution in [0, 0.1) is 11.3 Å². The van der Waals surface area contributed by atoms with Crippen LogP contribution < -0.4 is 0 Å². The van der Waals surface area contributed by atoms with Gasteiger partial charge in [-0.1, -0.05) is 18.2 Å². The maximum Gasteiger partial charge on any atom is 0.248 e. The van der Waals surface area contributed by atoms with E-state index >= 15 is 0 Å². The Morgan fingerprint density at radius 1 is 1.18 bits per heavy atom. The molecule has 1 heterocycles. The van der Waals surface area contributed by atoms with Crippen molar-refractivity contribution in [3.8, 4) is 17.5 Å². The number of sulfonamides is 1. The Bertz CT molecular complexity index is 1170. The smallest absolute Gasteiger partial charge is 0.248 e. The number of aromatic nitrogens is 2. The summed E-state index contributed by atoms with van der Waals surface area (Å²) in [6, 6.07) is 15.3. The number of nitrogens with zero attached hydrogens (tertiary/aromatic N) is 4. The lowest BCUT2D eigenvalue weighted by molar-refractivity contribution is 0.351. The van der Waals surface area contributed by atoms with Gasteiger partial charge < -0.3 is 4.42 Å². The van der Waals surface area contributed by atoms with Crippen molar-refractivity contribution in [1.82, 2.24) is 14.5 Å². The van der Waals surface area contributed by atoms with Gasteiger partial charge in [-0.25, -0.2) is 8.42 Å². The molecule has 2 aromatic carbocycles. The predicted octanol–water partition coefficient (Wildman–Crippen LogP) is 3.72. The average molecular weight is 459 g/mol. The molecular weight excluding hydrogens is 444 g/mol. The van der Waals surface area contributed by atoms with Crippen LogP contribution in [0.2, 0.25) is 0 Å². The molecule has 0 N–H and O–H groups in total. The van der Waals surface area contributed by atoms with Gasteiger partial charge in [0.2, 0.25) is 21.8 Å². The fourth-order valence-electron chi connectivity index (χ4n) is 2.83. The fourth-order valence-corrected chi connectivity index (χ4v) is 4.96. The molecule has 1 saturated carbocycles. The molecule has 0 spiro atoms. The molecule has 1 fully saturated rings. The molecular formula is C19H15BrN4O3S. The van der Waals surface area contributed by atoms with E-state index in [1.54, 1.807) is 12.1 Å². The van der Waals surface area contributed by atoms with Crippen LogP contribution in [0.3, 0.4) is 0 Å². The van der Waals surface area contributed by atoms with Crippen LogP contribution in [0.25, 0.3) is 11.5 Å². The van der Waals surface area contributed by atoms with Crippen molar-refractivity contribution in [3.63, 3.8) is 0 Å². The maximum absolute atomic E-state index is 13.1. The van der Waals surface area contributed by atoms with Crippen molar-refractivity contribution in [1.29, 1.82) is 5.26 Å². The highest BCUT2D eigenvalue weighted by molar-refractivity contribution is 9.10. The molecule has 0 unspecified atom stereocenters. The SMILES string of the molecule is N#Cc1cccc(S(=O)(=O)N(Cc2nnc(-c3ccccc3Br)o2)C2CC2)c1. The molecule has 0 amide bonds. The third-order valence-electron chi connectivity index (χ3n) is 4.39. The maximum atomic E-state index is 13.1. The Labute approximate surface area is 170 Å². The van der Waals surface area contributed by atoms with Crippen LogP contribution in [0.4, 0.5) is 0 Å². The van der Waals surface area contributed by atoms with Crippen LogP contribution in [0.1, 0.15) is 24.3 Å². The van der Waals surface area contributed by atoms with Crippen LogP contribution in [-0.4, -0.2) is 29.0 Å². The van der Waals surface area contributed by atoms with Crippen LogP contribution in [0.5, 0.6) is 0 Å². The molecule has 0 radical (unpaired) electrons. The van der Waals surface area contributed by atoms with E-state index in [0.717, 1.165) is 22.9 Å². The second kappa shape index (κ2) is 7.47. The lowest BCUT2D eigenvalue weighted by Gasteiger charge is -2.20. The molecule has 0 bridgehead atoms. The number of hydrogen-bond acceptors (Lipinski definition) is 6. The molecule has 0 aliphatic heterocycles. The summed E-state index contributed by atoms with van der Waals surface area (Å²) in [5.74, 6) is 0.541. The van der Waals surface area contributed by atoms with Crippen LogP contribution in [0.15, 0.2) is 62.3 Å². The third-order valence-corrected chi connectivity index (χ3v) is 6.97. The molecule has 9 heteroatoms. The van der Waals surface area contributed by atoms with Crippen LogP contribution in [-0.2, 0) is 16.6 Å². The molecule has 1 aliphatic rings. The zero-order valence-electron chi connectivity index (χ0n) is 14.6. The van der Waals surface area contributed by atoms with Crippen molar-refractivity contribution < 1.29 is 12.8 Å². The largest absolute Gasteiger partial charge is 0.419 e. The minimum Gasteiger partial charge on any atom is -0.419 e. The average Bonchev–Trinajstić information content (AvgIpc) is 3.44. The van der Waals surface area contributed by atoms with E-state index in [1.165, 1.54) is 16.4 Å². The highest BCUT2D eigenvalue weighted by atomic mass is 79.9. The topological polar surface area (TPSA) is 100 Å². The van der Waals surface area contributed by atoms with Gasteiger partial charge in [-0.2, -0.15) is 9.57 Å². The monoisotopic (exact) mass is 458 g/mol. The number of nitriles is 1. The highest BCUT2D eigenvalue weighted by Gasteiger charge is 2.39. The van der Waals surface area contributed by atoms with Crippen molar-refractivity contribution in [2.45, 2.75) is 30.3 Å². The second-order valence-corrected chi connectivity index (χ2v) is 9.15. The summed E-state index contributed by atoms with van der Waals surface area (Å²) in [6.07, 6.45) is 1.56. The summed E-state index contributed by atoms with van der Waals surface area (Å²) in [5, 5.41) is 17.1. The van der Waals surface area contributed by atoms with Gasteiger partial charge in [-0.3, -0.25) is 0 Å². The summed E-state index contributed by atoms with van der Waals surface area (Å²) >= 11 is 3.44. The van der Waals surface area contributed by atoms with Gasteiger partial charge >= 0.3 is 0 Å². The standard InChI is InChI=1S/C19H15BrN4O3S/c20-17-7-2-1-6-16(17)19-23-22-18(27-19)12-24(14-8-9-14)28(25,26)15-5-3-4-13(10-15)11-21/h1-7,10,14H,8-9,12H2. The molecule has 0 saturated heterocycles. The minimum atomic E-state index is -3.79. The molecule has 0 atom stereocenters. The molecule has 7 nitrogen and oxygen atoms in total. The Hall–Kier alpha value is -2.54. The lowest BCUT2D eigenvalue weighted by Crippen LogP contribution is -2.32. The number of rotatable bonds is 6. The summed E-state index contributed by atoms with van der Waals surface area (Å²) in [7, 11) is -3.79.